The molecule has 0 amide bonds. The number of nitrogens with one attached hydrogen (secondary N) is 1. The molecule has 10 heavy (non-hydrogen) atoms. The molecule has 1 aromatic heterocycles. The predicted octanol–water partition coefficient (Wildman–Crippen LogP) is -1.08. The van der Waals surface area contributed by atoms with Gasteiger partial charge in [-0.2, -0.15) is 5.10 Å². The van der Waals surface area contributed by atoms with Crippen LogP contribution in [0.25, 0.3) is 0 Å². The van der Waals surface area contributed by atoms with E-state index < -0.39 is 0 Å². The van der Waals surface area contributed by atoms with E-state index in [-0.39, 0.29) is 0 Å². The molecule has 0 saturated heterocycles. The number of fused-ring (bicyclic) bond motifs is 1. The van der Waals surface area contributed by atoms with Crippen LogP contribution in [0.1, 0.15) is 11.3 Å². The third-order valence-corrected chi connectivity index (χ3v) is 1.85. The molecule has 2 heterocycles. The Morgan fingerprint density at radius 3 is 3.40 bits per heavy atom. The molecule has 0 bridgehead atoms. The van der Waals surface area contributed by atoms with Crippen LogP contribution >= 0.6 is 0 Å². The summed E-state index contributed by atoms with van der Waals surface area (Å²) in [6, 6.07) is 0. The number of aromatic nitrogens is 2. The van der Waals surface area contributed by atoms with Crippen LogP contribution in [0.4, 0.5) is 0 Å². The lowest BCUT2D eigenvalue weighted by Gasteiger charge is -2.09. The van der Waals surface area contributed by atoms with E-state index in [1.54, 1.807) is 0 Å². The fourth-order valence-electron chi connectivity index (χ4n) is 1.37. The molecule has 0 aliphatic carbocycles. The molecular formula is C6H10BN3. The SMILES string of the molecule is Bn1cc2c(n1)CCNC2. The number of rotatable bonds is 0. The molecule has 1 aromatic rings. The molecule has 1 aliphatic rings. The van der Waals surface area contributed by atoms with E-state index in [4.69, 9.17) is 0 Å². The average Bonchev–Trinajstić information content (AvgIpc) is 2.27. The Morgan fingerprint density at radius 2 is 2.60 bits per heavy atom. The van der Waals surface area contributed by atoms with Crippen molar-refractivity contribution >= 4 is 7.98 Å². The van der Waals surface area contributed by atoms with E-state index in [2.05, 4.69) is 16.6 Å². The van der Waals surface area contributed by atoms with Crippen molar-refractivity contribution in [2.24, 2.45) is 0 Å². The van der Waals surface area contributed by atoms with Gasteiger partial charge in [-0.25, -0.2) is 0 Å². The minimum absolute atomic E-state index is 0.989. The van der Waals surface area contributed by atoms with Gasteiger partial charge in [0.1, 0.15) is 0 Å². The fraction of sp³-hybridized carbons (Fsp3) is 0.500. The monoisotopic (exact) mass is 135 g/mol. The molecule has 0 unspecified atom stereocenters. The normalized spacial score (nSPS) is 16.8. The maximum absolute atomic E-state index is 4.33. The summed E-state index contributed by atoms with van der Waals surface area (Å²) in [5, 5.41) is 7.63. The summed E-state index contributed by atoms with van der Waals surface area (Å²) in [7, 11) is 1.97. The zero-order chi connectivity index (χ0) is 6.97. The average molecular weight is 135 g/mol. The Labute approximate surface area is 60.9 Å². The largest absolute Gasteiger partial charge is 0.326 e. The Hall–Kier alpha value is -0.765. The summed E-state index contributed by atoms with van der Waals surface area (Å²) in [6.45, 7) is 2.06. The minimum Gasteiger partial charge on any atom is -0.326 e. The van der Waals surface area contributed by atoms with Gasteiger partial charge in [-0.05, 0) is 0 Å². The van der Waals surface area contributed by atoms with Crippen LogP contribution in [0.5, 0.6) is 0 Å². The first-order valence-electron chi connectivity index (χ1n) is 3.58. The standard InChI is InChI=1S/C6H10BN3/c7-10-4-5-3-8-2-1-6(5)9-10/h4,8H,1-3,7H2. The van der Waals surface area contributed by atoms with Crippen LogP contribution < -0.4 is 5.32 Å². The zero-order valence-corrected chi connectivity index (χ0v) is 6.09. The van der Waals surface area contributed by atoms with Crippen LogP contribution in [-0.4, -0.2) is 24.2 Å². The van der Waals surface area contributed by atoms with Gasteiger partial charge < -0.3 is 9.91 Å². The van der Waals surface area contributed by atoms with E-state index >= 15 is 0 Å². The third-order valence-electron chi connectivity index (χ3n) is 1.85. The quantitative estimate of drug-likeness (QED) is 0.459. The predicted molar refractivity (Wildman–Crippen MR) is 41.6 cm³/mol. The van der Waals surface area contributed by atoms with Crippen molar-refractivity contribution in [3.8, 4) is 0 Å². The molecule has 0 saturated carbocycles. The van der Waals surface area contributed by atoms with Gasteiger partial charge in [0.05, 0.1) is 5.69 Å². The van der Waals surface area contributed by atoms with E-state index in [9.17, 15) is 0 Å². The van der Waals surface area contributed by atoms with Gasteiger partial charge in [-0.3, -0.25) is 0 Å². The number of hydrogen-bond donors (Lipinski definition) is 1. The molecule has 52 valence electrons. The molecule has 4 heteroatoms. The lowest BCUT2D eigenvalue weighted by Crippen LogP contribution is -2.22. The molecule has 1 aliphatic heterocycles. The second kappa shape index (κ2) is 2.13. The van der Waals surface area contributed by atoms with E-state index in [0.29, 0.717) is 0 Å². The van der Waals surface area contributed by atoms with Crippen LogP contribution in [0.2, 0.25) is 0 Å². The van der Waals surface area contributed by atoms with Crippen LogP contribution in [0, 0.1) is 0 Å². The lowest BCUT2D eigenvalue weighted by atomic mass is 10.1. The van der Waals surface area contributed by atoms with Crippen LogP contribution in [0.3, 0.4) is 0 Å². The molecule has 0 fully saturated rings. The maximum Gasteiger partial charge on any atom is 0.248 e. The highest BCUT2D eigenvalue weighted by Gasteiger charge is 2.10. The van der Waals surface area contributed by atoms with Gasteiger partial charge in [0.2, 0.25) is 7.98 Å². The van der Waals surface area contributed by atoms with Crippen molar-refractivity contribution < 1.29 is 0 Å². The lowest BCUT2D eigenvalue weighted by molar-refractivity contribution is 0.636. The van der Waals surface area contributed by atoms with Gasteiger partial charge in [0, 0.05) is 31.3 Å². The van der Waals surface area contributed by atoms with Gasteiger partial charge in [-0.15, -0.1) is 0 Å². The summed E-state index contributed by atoms with van der Waals surface area (Å²) in [4.78, 5) is 0. The first kappa shape index (κ1) is 5.98. The summed E-state index contributed by atoms with van der Waals surface area (Å²) in [6.07, 6.45) is 3.16. The second-order valence-electron chi connectivity index (χ2n) is 2.70. The molecule has 2 rings (SSSR count). The zero-order valence-electron chi connectivity index (χ0n) is 6.09. The van der Waals surface area contributed by atoms with Crippen LogP contribution in [0.15, 0.2) is 6.20 Å². The highest BCUT2D eigenvalue weighted by Crippen LogP contribution is 2.09. The third kappa shape index (κ3) is 0.846. The summed E-state index contributed by atoms with van der Waals surface area (Å²) >= 11 is 0. The fourth-order valence-corrected chi connectivity index (χ4v) is 1.37. The minimum atomic E-state index is 0.989. The van der Waals surface area contributed by atoms with Crippen LogP contribution in [-0.2, 0) is 13.0 Å². The Kier molecular flexibility index (Phi) is 1.27. The van der Waals surface area contributed by atoms with Crippen molar-refractivity contribution in [3.63, 3.8) is 0 Å². The Balaban J connectivity index is 2.41. The molecule has 0 radical (unpaired) electrons. The van der Waals surface area contributed by atoms with Crippen molar-refractivity contribution in [2.75, 3.05) is 6.54 Å². The topological polar surface area (TPSA) is 29.9 Å². The van der Waals surface area contributed by atoms with Crippen molar-refractivity contribution in [1.82, 2.24) is 15.0 Å². The molecule has 3 nitrogen and oxygen atoms in total. The highest BCUT2D eigenvalue weighted by molar-refractivity contribution is 6.05. The van der Waals surface area contributed by atoms with Gasteiger partial charge in [0.25, 0.3) is 0 Å². The molecule has 0 atom stereocenters. The summed E-state index contributed by atoms with van der Waals surface area (Å²) < 4.78 is 1.89. The van der Waals surface area contributed by atoms with Gasteiger partial charge >= 0.3 is 0 Å². The first-order valence-corrected chi connectivity index (χ1v) is 3.58. The number of nitrogens with zero attached hydrogens (tertiary/aromatic N) is 2. The Bertz CT molecular complexity index is 220. The highest BCUT2D eigenvalue weighted by atomic mass is 15.2. The molecular weight excluding hydrogens is 125 g/mol. The smallest absolute Gasteiger partial charge is 0.248 e. The first-order chi connectivity index (χ1) is 4.86. The second-order valence-corrected chi connectivity index (χ2v) is 2.70. The Morgan fingerprint density at radius 1 is 1.70 bits per heavy atom. The van der Waals surface area contributed by atoms with Gasteiger partial charge in [-0.1, -0.05) is 0 Å². The van der Waals surface area contributed by atoms with E-state index in [1.807, 2.05) is 12.6 Å². The van der Waals surface area contributed by atoms with Crippen molar-refractivity contribution in [2.45, 2.75) is 13.0 Å². The van der Waals surface area contributed by atoms with E-state index in [1.165, 1.54) is 11.3 Å². The molecule has 0 spiro atoms. The summed E-state index contributed by atoms with van der Waals surface area (Å²) in [5.41, 5.74) is 2.62. The number of hydrogen-bond acceptors (Lipinski definition) is 2. The van der Waals surface area contributed by atoms with Gasteiger partial charge in [0.15, 0.2) is 0 Å². The molecule has 0 aromatic carbocycles. The summed E-state index contributed by atoms with van der Waals surface area (Å²) in [5.74, 6) is 0. The van der Waals surface area contributed by atoms with Crippen molar-refractivity contribution in [3.05, 3.63) is 17.5 Å². The molecule has 1 N–H and O–H groups in total. The van der Waals surface area contributed by atoms with E-state index in [0.717, 1.165) is 19.5 Å². The van der Waals surface area contributed by atoms with Crippen molar-refractivity contribution in [1.29, 1.82) is 0 Å². The maximum atomic E-state index is 4.33.